The number of phenolic OH excluding ortho intramolecular Hbond substituents is 1. The highest BCUT2D eigenvalue weighted by Crippen LogP contribution is 2.24. The molecule has 3 aliphatic heterocycles. The van der Waals surface area contributed by atoms with E-state index in [0.29, 0.717) is 37.7 Å². The second-order valence-electron chi connectivity index (χ2n) is 20.5. The third-order valence-electron chi connectivity index (χ3n) is 13.8. The molecule has 68 heavy (non-hydrogen) atoms. The van der Waals surface area contributed by atoms with E-state index in [4.69, 9.17) is 0 Å². The van der Waals surface area contributed by atoms with E-state index in [-0.39, 0.29) is 62.3 Å². The Hall–Kier alpha value is -5.26. The largest absolute Gasteiger partial charge is 0.508 e. The van der Waals surface area contributed by atoms with E-state index in [1.54, 1.807) is 32.9 Å². The summed E-state index contributed by atoms with van der Waals surface area (Å²) in [6.45, 7) is 18.9. The molecule has 0 radical (unpaired) electrons. The smallest absolute Gasteiger partial charge is 0.246 e. The van der Waals surface area contributed by atoms with Crippen LogP contribution in [0.4, 0.5) is 0 Å². The summed E-state index contributed by atoms with van der Waals surface area (Å²) in [4.78, 5) is 117. The quantitative estimate of drug-likeness (QED) is 0.161. The van der Waals surface area contributed by atoms with Gasteiger partial charge in [-0.05, 0) is 85.8 Å². The summed E-state index contributed by atoms with van der Waals surface area (Å²) in [5.74, 6) is -6.00. The van der Waals surface area contributed by atoms with Crippen molar-refractivity contribution in [1.29, 1.82) is 0 Å². The first kappa shape index (κ1) is 55.3. The number of hydrogen-bond donors (Lipinski definition) is 8. The lowest BCUT2D eigenvalue weighted by atomic mass is 9.93. The van der Waals surface area contributed by atoms with E-state index in [1.807, 2.05) is 48.5 Å². The minimum Gasteiger partial charge on any atom is -0.508 e. The Morgan fingerprint density at radius 3 is 1.57 bits per heavy atom. The van der Waals surface area contributed by atoms with Crippen LogP contribution in [-0.2, 0) is 44.8 Å². The van der Waals surface area contributed by atoms with Gasteiger partial charge in [0, 0.05) is 19.5 Å². The molecule has 3 fully saturated rings. The first-order valence-electron chi connectivity index (χ1n) is 24.9. The molecule has 3 aliphatic rings. The molecule has 0 bridgehead atoms. The fraction of sp³-hybridized carbons (Fsp3) is 0.720. The number of aliphatic hydroxyl groups excluding tert-OH is 1. The molecule has 8 N–H and O–H groups in total. The molecule has 1 aromatic rings. The van der Waals surface area contributed by atoms with Gasteiger partial charge in [-0.15, -0.1) is 0 Å². The lowest BCUT2D eigenvalue weighted by Gasteiger charge is -2.34. The van der Waals surface area contributed by atoms with Gasteiger partial charge in [0.15, 0.2) is 0 Å². The summed E-state index contributed by atoms with van der Waals surface area (Å²) in [7, 11) is 0. The Kier molecular flexibility index (Phi) is 20.7. The highest BCUT2D eigenvalue weighted by Gasteiger charge is 2.43. The van der Waals surface area contributed by atoms with Crippen LogP contribution in [0.15, 0.2) is 24.3 Å². The van der Waals surface area contributed by atoms with E-state index in [2.05, 4.69) is 31.9 Å². The number of phenols is 1. The van der Waals surface area contributed by atoms with Gasteiger partial charge < -0.3 is 51.9 Å². The standard InChI is InChI=1S/C50H80N8O10/c1-11-30(9)42-48(66)51-34(23-27(3)4)39(60)26-40(61)57-21-13-15-37(57)46(64)53-36(25-32-17-19-33(59)20-18-32)45(63)54-41(29(7)8)50(68)58-22-14-16-38(58)47(65)52-35(24-28(5)6)44(62)55-43(31(10)12-2)49(67)56-42/h17-20,27-31,34-39,41-43,59-60H,11-16,21-26H2,1-10H3,(H,51,66)(H,52,65)(H,53,64)(H,54,63)(H,55,62)(H,56,67)/t30?,31?,34-,35+,36+,37+,38+,39-,41+,42+,43+/m1/s1. The molecule has 3 saturated heterocycles. The number of carbonyl (C=O) groups excluding carboxylic acids is 8. The van der Waals surface area contributed by atoms with Crippen molar-refractivity contribution in [1.82, 2.24) is 41.7 Å². The Balaban J connectivity index is 1.79. The van der Waals surface area contributed by atoms with Gasteiger partial charge in [0.25, 0.3) is 0 Å². The van der Waals surface area contributed by atoms with Gasteiger partial charge in [0.2, 0.25) is 47.3 Å². The van der Waals surface area contributed by atoms with Crippen molar-refractivity contribution >= 4 is 47.3 Å². The maximum Gasteiger partial charge on any atom is 0.246 e. The van der Waals surface area contributed by atoms with Crippen LogP contribution in [0.1, 0.15) is 133 Å². The number of amides is 8. The van der Waals surface area contributed by atoms with Crippen LogP contribution in [0.25, 0.3) is 0 Å². The molecule has 0 saturated carbocycles. The van der Waals surface area contributed by atoms with Crippen molar-refractivity contribution < 1.29 is 48.6 Å². The van der Waals surface area contributed by atoms with Crippen LogP contribution in [0.2, 0.25) is 0 Å². The summed E-state index contributed by atoms with van der Waals surface area (Å²) in [6, 6.07) is -2.39. The molecular formula is C50H80N8O10. The van der Waals surface area contributed by atoms with Crippen molar-refractivity contribution in [3.8, 4) is 5.75 Å². The Morgan fingerprint density at radius 1 is 0.574 bits per heavy atom. The molecule has 8 amide bonds. The van der Waals surface area contributed by atoms with Gasteiger partial charge in [-0.1, -0.05) is 94.2 Å². The van der Waals surface area contributed by atoms with Gasteiger partial charge in [0.1, 0.15) is 48.0 Å². The molecule has 0 spiro atoms. The number of nitrogens with one attached hydrogen (secondary N) is 6. The van der Waals surface area contributed by atoms with E-state index >= 15 is 0 Å². The van der Waals surface area contributed by atoms with E-state index in [1.165, 1.54) is 21.9 Å². The van der Waals surface area contributed by atoms with E-state index in [9.17, 15) is 48.6 Å². The van der Waals surface area contributed by atoms with Crippen molar-refractivity contribution in [2.24, 2.45) is 29.6 Å². The van der Waals surface area contributed by atoms with Crippen LogP contribution in [0.3, 0.4) is 0 Å². The maximum absolute atomic E-state index is 14.5. The predicted octanol–water partition coefficient (Wildman–Crippen LogP) is 2.43. The molecule has 4 rings (SSSR count). The van der Waals surface area contributed by atoms with Gasteiger partial charge >= 0.3 is 0 Å². The predicted molar refractivity (Wildman–Crippen MR) is 256 cm³/mol. The molecule has 0 aliphatic carbocycles. The fourth-order valence-electron chi connectivity index (χ4n) is 9.33. The normalized spacial score (nSPS) is 28.9. The first-order valence-corrected chi connectivity index (χ1v) is 24.9. The number of carbonyl (C=O) groups is 8. The molecule has 18 heteroatoms. The van der Waals surface area contributed by atoms with Crippen LogP contribution in [0.5, 0.6) is 5.75 Å². The SMILES string of the molecule is CCC(C)[C@@H]1NC(=O)[C@H](CC(C)C)NC(=O)[C@@H]2CCCN2C(=O)[C@H](C(C)C)NC(=O)[C@H](Cc2ccc(O)cc2)NC(=O)[C@@H]2CCCN2C(=O)C[C@@H](O)[C@@H](CC(C)C)NC(=O)[C@H](C(C)CC)NC1=O. The Bertz CT molecular complexity index is 1930. The minimum atomic E-state index is -1.38. The average molecular weight is 953 g/mol. The summed E-state index contributed by atoms with van der Waals surface area (Å²) < 4.78 is 0. The fourth-order valence-corrected chi connectivity index (χ4v) is 9.33. The van der Waals surface area contributed by atoms with Crippen LogP contribution >= 0.6 is 0 Å². The number of aromatic hydroxyl groups is 1. The number of aliphatic hydroxyl groups is 1. The molecule has 18 nitrogen and oxygen atoms in total. The van der Waals surface area contributed by atoms with E-state index < -0.39 is 120 Å². The number of benzene rings is 1. The second-order valence-corrected chi connectivity index (χ2v) is 20.5. The lowest BCUT2D eigenvalue weighted by molar-refractivity contribution is -0.144. The molecule has 0 aromatic heterocycles. The maximum atomic E-state index is 14.5. The third-order valence-corrected chi connectivity index (χ3v) is 13.8. The monoisotopic (exact) mass is 953 g/mol. The van der Waals surface area contributed by atoms with Crippen molar-refractivity contribution in [3.63, 3.8) is 0 Å². The van der Waals surface area contributed by atoms with Crippen molar-refractivity contribution in [3.05, 3.63) is 29.8 Å². The molecule has 1 aromatic carbocycles. The third kappa shape index (κ3) is 14.9. The highest BCUT2D eigenvalue weighted by molar-refractivity contribution is 5.98. The molecule has 11 atom stereocenters. The lowest BCUT2D eigenvalue weighted by Crippen LogP contribution is -2.62. The molecule has 380 valence electrons. The zero-order valence-corrected chi connectivity index (χ0v) is 41.9. The molecule has 3 heterocycles. The average Bonchev–Trinajstić information content (AvgIpc) is 3.99. The van der Waals surface area contributed by atoms with Gasteiger partial charge in [0.05, 0.1) is 18.6 Å². The summed E-state index contributed by atoms with van der Waals surface area (Å²) in [6.07, 6.45) is 1.18. The van der Waals surface area contributed by atoms with E-state index in [0.717, 1.165) is 0 Å². The summed E-state index contributed by atoms with van der Waals surface area (Å²) >= 11 is 0. The number of rotatable bonds is 11. The summed E-state index contributed by atoms with van der Waals surface area (Å²) in [5, 5.41) is 39.0. The first-order chi connectivity index (χ1) is 32.1. The minimum absolute atomic E-state index is 0.00252. The summed E-state index contributed by atoms with van der Waals surface area (Å²) in [5.41, 5.74) is 0.595. The second kappa shape index (κ2) is 25.4. The van der Waals surface area contributed by atoms with Gasteiger partial charge in [-0.25, -0.2) is 0 Å². The number of hydrogen-bond acceptors (Lipinski definition) is 10. The zero-order valence-electron chi connectivity index (χ0n) is 41.9. The number of fused-ring (bicyclic) bond motifs is 2. The molecule has 2 unspecified atom stereocenters. The van der Waals surface area contributed by atoms with Crippen LogP contribution < -0.4 is 31.9 Å². The molecular weight excluding hydrogens is 873 g/mol. The van der Waals surface area contributed by atoms with Crippen LogP contribution in [0, 0.1) is 29.6 Å². The topological polar surface area (TPSA) is 256 Å². The Morgan fingerprint density at radius 2 is 1.04 bits per heavy atom. The van der Waals surface area contributed by atoms with Crippen LogP contribution in [-0.4, -0.2) is 135 Å². The highest BCUT2D eigenvalue weighted by atomic mass is 16.3. The number of nitrogens with zero attached hydrogens (tertiary/aromatic N) is 2. The van der Waals surface area contributed by atoms with Crippen molar-refractivity contribution in [2.75, 3.05) is 13.1 Å². The zero-order chi connectivity index (χ0) is 50.6. The Labute approximate surface area is 402 Å². The van der Waals surface area contributed by atoms with Gasteiger partial charge in [-0.2, -0.15) is 0 Å². The van der Waals surface area contributed by atoms with Gasteiger partial charge in [-0.3, -0.25) is 38.4 Å². The van der Waals surface area contributed by atoms with Crippen molar-refractivity contribution in [2.45, 2.75) is 188 Å².